The fraction of sp³-hybridized carbons (Fsp3) is 0.300. The van der Waals surface area contributed by atoms with Crippen LogP contribution in [0.25, 0.3) is 0 Å². The second kappa shape index (κ2) is 6.29. The predicted octanol–water partition coefficient (Wildman–Crippen LogP) is 2.40. The lowest BCUT2D eigenvalue weighted by Crippen LogP contribution is -2.37. The van der Waals surface area contributed by atoms with Crippen molar-refractivity contribution in [2.45, 2.75) is 11.8 Å². The van der Waals surface area contributed by atoms with Gasteiger partial charge in [0, 0.05) is 11.0 Å². The van der Waals surface area contributed by atoms with E-state index in [1.165, 1.54) is 22.5 Å². The molecule has 0 spiro atoms. The number of thiocarbonyl (C=S) groups is 1. The van der Waals surface area contributed by atoms with Gasteiger partial charge in [0.05, 0.1) is 21.5 Å². The standard InChI is InChI=1S/C10H12BrClN2O2S2/c1-2-14(6-10(13)17)18(15,16)7-3-4-9(12)8(11)5-7/h3-5H,2,6H2,1H3,(H2,13,17). The van der Waals surface area contributed by atoms with E-state index in [-0.39, 0.29) is 16.4 Å². The van der Waals surface area contributed by atoms with Crippen LogP contribution in [0.3, 0.4) is 0 Å². The molecule has 0 saturated heterocycles. The Morgan fingerprint density at radius 1 is 1.56 bits per heavy atom. The van der Waals surface area contributed by atoms with Crippen molar-refractivity contribution in [1.82, 2.24) is 4.31 Å². The SMILES string of the molecule is CCN(CC(N)=S)S(=O)(=O)c1ccc(Cl)c(Br)c1. The molecule has 0 aliphatic carbocycles. The van der Waals surface area contributed by atoms with Gasteiger partial charge in [-0.1, -0.05) is 30.7 Å². The van der Waals surface area contributed by atoms with Crippen LogP contribution in [-0.2, 0) is 10.0 Å². The normalized spacial score (nSPS) is 11.8. The average Bonchev–Trinajstić information content (AvgIpc) is 2.28. The summed E-state index contributed by atoms with van der Waals surface area (Å²) < 4.78 is 26.4. The van der Waals surface area contributed by atoms with Gasteiger partial charge in [-0.3, -0.25) is 0 Å². The summed E-state index contributed by atoms with van der Waals surface area (Å²) >= 11 is 13.8. The van der Waals surface area contributed by atoms with E-state index in [4.69, 9.17) is 29.6 Å². The molecule has 0 aliphatic rings. The highest BCUT2D eigenvalue weighted by molar-refractivity contribution is 9.10. The smallest absolute Gasteiger partial charge is 0.243 e. The molecule has 0 saturated carbocycles. The van der Waals surface area contributed by atoms with Gasteiger partial charge in [-0.15, -0.1) is 0 Å². The lowest BCUT2D eigenvalue weighted by molar-refractivity contribution is 0.468. The van der Waals surface area contributed by atoms with Crippen molar-refractivity contribution in [2.75, 3.05) is 13.1 Å². The largest absolute Gasteiger partial charge is 0.392 e. The number of hydrogen-bond donors (Lipinski definition) is 1. The maximum atomic E-state index is 12.3. The van der Waals surface area contributed by atoms with Crippen LogP contribution in [0.2, 0.25) is 5.02 Å². The topological polar surface area (TPSA) is 63.4 Å². The molecule has 0 bridgehead atoms. The zero-order chi connectivity index (χ0) is 13.9. The first-order valence-corrected chi connectivity index (χ1v) is 8.04. The number of nitrogens with zero attached hydrogens (tertiary/aromatic N) is 1. The van der Waals surface area contributed by atoms with E-state index in [9.17, 15) is 8.42 Å². The summed E-state index contributed by atoms with van der Waals surface area (Å²) in [6.45, 7) is 2.04. The van der Waals surface area contributed by atoms with Gasteiger partial charge in [-0.25, -0.2) is 8.42 Å². The van der Waals surface area contributed by atoms with E-state index < -0.39 is 10.0 Å². The van der Waals surface area contributed by atoms with Crippen LogP contribution in [0.15, 0.2) is 27.6 Å². The highest BCUT2D eigenvalue weighted by Crippen LogP contribution is 2.26. The Labute approximate surface area is 125 Å². The predicted molar refractivity (Wildman–Crippen MR) is 80.4 cm³/mol. The van der Waals surface area contributed by atoms with Gasteiger partial charge in [-0.2, -0.15) is 4.31 Å². The minimum absolute atomic E-state index is 0.0222. The quantitative estimate of drug-likeness (QED) is 0.807. The molecule has 0 aromatic heterocycles. The van der Waals surface area contributed by atoms with Crippen molar-refractivity contribution in [1.29, 1.82) is 0 Å². The molecule has 1 rings (SSSR count). The van der Waals surface area contributed by atoms with Crippen LogP contribution in [0.5, 0.6) is 0 Å². The molecule has 0 heterocycles. The van der Waals surface area contributed by atoms with Crippen LogP contribution in [0.1, 0.15) is 6.92 Å². The van der Waals surface area contributed by atoms with Gasteiger partial charge >= 0.3 is 0 Å². The van der Waals surface area contributed by atoms with Gasteiger partial charge in [0.25, 0.3) is 0 Å². The molecule has 0 fully saturated rings. The second-order valence-electron chi connectivity index (χ2n) is 3.47. The van der Waals surface area contributed by atoms with Crippen molar-refractivity contribution >= 4 is 54.8 Å². The van der Waals surface area contributed by atoms with E-state index in [0.717, 1.165) is 0 Å². The summed E-state index contributed by atoms with van der Waals surface area (Å²) in [5, 5.41) is 0.450. The summed E-state index contributed by atoms with van der Waals surface area (Å²) in [7, 11) is -3.61. The number of rotatable bonds is 5. The first-order chi connectivity index (χ1) is 8.28. The fourth-order valence-electron chi connectivity index (χ4n) is 1.33. The number of sulfonamides is 1. The summed E-state index contributed by atoms with van der Waals surface area (Å²) in [6, 6.07) is 4.43. The van der Waals surface area contributed by atoms with Gasteiger partial charge < -0.3 is 5.73 Å². The molecule has 0 aliphatic heterocycles. The Kier molecular flexibility index (Phi) is 5.54. The second-order valence-corrected chi connectivity index (χ2v) is 7.20. The summed E-state index contributed by atoms with van der Waals surface area (Å²) in [5.74, 6) is 0. The molecule has 0 amide bonds. The van der Waals surface area contributed by atoms with Gasteiger partial charge in [0.15, 0.2) is 0 Å². The minimum atomic E-state index is -3.61. The van der Waals surface area contributed by atoms with Crippen molar-refractivity contribution in [3.05, 3.63) is 27.7 Å². The van der Waals surface area contributed by atoms with Gasteiger partial charge in [-0.05, 0) is 34.1 Å². The Morgan fingerprint density at radius 2 is 2.17 bits per heavy atom. The van der Waals surface area contributed by atoms with E-state index in [1.807, 2.05) is 0 Å². The molecular weight excluding hydrogens is 360 g/mol. The van der Waals surface area contributed by atoms with Crippen molar-refractivity contribution < 1.29 is 8.42 Å². The highest BCUT2D eigenvalue weighted by Gasteiger charge is 2.24. The van der Waals surface area contributed by atoms with E-state index in [0.29, 0.717) is 16.0 Å². The Bertz CT molecular complexity index is 563. The maximum absolute atomic E-state index is 12.3. The molecule has 18 heavy (non-hydrogen) atoms. The van der Waals surface area contributed by atoms with Crippen molar-refractivity contribution in [2.24, 2.45) is 5.73 Å². The van der Waals surface area contributed by atoms with E-state index in [1.54, 1.807) is 6.92 Å². The Balaban J connectivity index is 3.18. The molecule has 1 aromatic carbocycles. The van der Waals surface area contributed by atoms with Gasteiger partial charge in [0.1, 0.15) is 0 Å². The Hall–Kier alpha value is -0.210. The summed E-state index contributed by atoms with van der Waals surface area (Å²) in [6.07, 6.45) is 0. The third-order valence-corrected chi connectivity index (χ3v) is 5.47. The molecule has 0 radical (unpaired) electrons. The number of halogens is 2. The zero-order valence-corrected chi connectivity index (χ0v) is 13.5. The zero-order valence-electron chi connectivity index (χ0n) is 9.56. The van der Waals surface area contributed by atoms with Crippen LogP contribution >= 0.6 is 39.7 Å². The molecule has 8 heteroatoms. The minimum Gasteiger partial charge on any atom is -0.392 e. The molecule has 0 unspecified atom stereocenters. The van der Waals surface area contributed by atoms with Crippen LogP contribution in [-0.4, -0.2) is 30.8 Å². The molecule has 2 N–H and O–H groups in total. The first kappa shape index (κ1) is 15.8. The van der Waals surface area contributed by atoms with E-state index in [2.05, 4.69) is 15.9 Å². The molecule has 4 nitrogen and oxygen atoms in total. The highest BCUT2D eigenvalue weighted by atomic mass is 79.9. The summed E-state index contributed by atoms with van der Waals surface area (Å²) in [5.41, 5.74) is 5.39. The van der Waals surface area contributed by atoms with E-state index >= 15 is 0 Å². The average molecular weight is 372 g/mol. The first-order valence-electron chi connectivity index (χ1n) is 5.02. The van der Waals surface area contributed by atoms with Crippen LogP contribution in [0, 0.1) is 0 Å². The maximum Gasteiger partial charge on any atom is 0.243 e. The third-order valence-electron chi connectivity index (χ3n) is 2.21. The van der Waals surface area contributed by atoms with Crippen molar-refractivity contribution in [3.8, 4) is 0 Å². The van der Waals surface area contributed by atoms with Crippen LogP contribution in [0.4, 0.5) is 0 Å². The molecule has 0 atom stereocenters. The molecular formula is C10H12BrClN2O2S2. The number of hydrogen-bond acceptors (Lipinski definition) is 3. The summed E-state index contributed by atoms with van der Waals surface area (Å²) in [4.78, 5) is 0.283. The monoisotopic (exact) mass is 370 g/mol. The number of nitrogens with two attached hydrogens (primary N) is 1. The lowest BCUT2D eigenvalue weighted by Gasteiger charge is -2.20. The molecule has 1 aromatic rings. The fourth-order valence-corrected chi connectivity index (χ4v) is 3.67. The Morgan fingerprint density at radius 3 is 2.61 bits per heavy atom. The number of benzene rings is 1. The lowest BCUT2D eigenvalue weighted by atomic mass is 10.4. The van der Waals surface area contributed by atoms with Gasteiger partial charge in [0.2, 0.25) is 10.0 Å². The third kappa shape index (κ3) is 3.64. The van der Waals surface area contributed by atoms with Crippen molar-refractivity contribution in [3.63, 3.8) is 0 Å². The van der Waals surface area contributed by atoms with Crippen LogP contribution < -0.4 is 5.73 Å². The molecule has 100 valence electrons. The number of likely N-dealkylation sites (N-methyl/N-ethyl adjacent to an activating group) is 1.